The third-order valence-corrected chi connectivity index (χ3v) is 4.10. The Labute approximate surface area is 128 Å². The van der Waals surface area contributed by atoms with E-state index in [1.165, 1.54) is 11.6 Å². The molecule has 0 spiro atoms. The molecule has 110 valence electrons. The number of hydrogen-bond acceptors (Lipinski definition) is 2. The van der Waals surface area contributed by atoms with Gasteiger partial charge in [0.05, 0.1) is 12.6 Å². The maximum absolute atomic E-state index is 14.2. The Morgan fingerprint density at radius 3 is 2.95 bits per heavy atom. The van der Waals surface area contributed by atoms with Gasteiger partial charge in [-0.3, -0.25) is 0 Å². The highest BCUT2D eigenvalue weighted by molar-refractivity contribution is 6.31. The molecule has 4 heteroatoms. The maximum atomic E-state index is 14.2. The molecular formula is C17H17ClFNO. The smallest absolute Gasteiger partial charge is 0.129 e. The summed E-state index contributed by atoms with van der Waals surface area (Å²) in [6.45, 7) is 3.39. The first-order chi connectivity index (χ1) is 10.2. The molecule has 1 aliphatic rings. The molecule has 1 atom stereocenters. The average molecular weight is 306 g/mol. The monoisotopic (exact) mass is 305 g/mol. The lowest BCUT2D eigenvalue weighted by Gasteiger charge is -2.28. The minimum absolute atomic E-state index is 0.210. The van der Waals surface area contributed by atoms with Gasteiger partial charge < -0.3 is 10.1 Å². The number of rotatable bonds is 3. The largest absolute Gasteiger partial charge is 0.494 e. The van der Waals surface area contributed by atoms with Gasteiger partial charge in [-0.2, -0.15) is 0 Å². The molecule has 0 bridgehead atoms. The van der Waals surface area contributed by atoms with Crippen molar-refractivity contribution in [2.45, 2.75) is 19.4 Å². The summed E-state index contributed by atoms with van der Waals surface area (Å²) in [5.74, 6) is 0.582. The first kappa shape index (κ1) is 14.4. The fourth-order valence-electron chi connectivity index (χ4n) is 2.84. The van der Waals surface area contributed by atoms with Gasteiger partial charge >= 0.3 is 0 Å². The van der Waals surface area contributed by atoms with Gasteiger partial charge in [-0.05, 0) is 48.7 Å². The minimum atomic E-state index is -0.276. The molecule has 2 nitrogen and oxygen atoms in total. The molecule has 1 unspecified atom stereocenters. The molecule has 21 heavy (non-hydrogen) atoms. The van der Waals surface area contributed by atoms with E-state index in [-0.39, 0.29) is 11.9 Å². The molecule has 1 heterocycles. The van der Waals surface area contributed by atoms with Gasteiger partial charge in [0.15, 0.2) is 0 Å². The summed E-state index contributed by atoms with van der Waals surface area (Å²) in [7, 11) is 0. The summed E-state index contributed by atoms with van der Waals surface area (Å²) >= 11 is 6.21. The SMILES string of the molecule is CCOc1ccc2c(c1)CCNC2c1c(F)cccc1Cl. The lowest BCUT2D eigenvalue weighted by molar-refractivity contribution is 0.339. The Kier molecular flexibility index (Phi) is 4.13. The van der Waals surface area contributed by atoms with Crippen molar-refractivity contribution in [1.82, 2.24) is 5.32 Å². The Morgan fingerprint density at radius 2 is 2.19 bits per heavy atom. The van der Waals surface area contributed by atoms with Crippen molar-refractivity contribution >= 4 is 11.6 Å². The van der Waals surface area contributed by atoms with Crippen molar-refractivity contribution in [2.75, 3.05) is 13.2 Å². The molecule has 0 fully saturated rings. The molecular weight excluding hydrogens is 289 g/mol. The summed E-state index contributed by atoms with van der Waals surface area (Å²) in [6, 6.07) is 10.6. The molecule has 2 aromatic rings. The van der Waals surface area contributed by atoms with E-state index in [1.807, 2.05) is 25.1 Å². The average Bonchev–Trinajstić information content (AvgIpc) is 2.47. The molecule has 0 aromatic heterocycles. The Balaban J connectivity index is 2.05. The zero-order chi connectivity index (χ0) is 14.8. The summed E-state index contributed by atoms with van der Waals surface area (Å²) < 4.78 is 19.7. The molecule has 0 amide bonds. The van der Waals surface area contributed by atoms with Gasteiger partial charge in [0.25, 0.3) is 0 Å². The van der Waals surface area contributed by atoms with Crippen LogP contribution in [0.3, 0.4) is 0 Å². The second kappa shape index (κ2) is 6.04. The minimum Gasteiger partial charge on any atom is -0.494 e. The molecule has 0 aliphatic carbocycles. The first-order valence-electron chi connectivity index (χ1n) is 7.13. The van der Waals surface area contributed by atoms with Crippen LogP contribution in [0.4, 0.5) is 4.39 Å². The number of halogens is 2. The van der Waals surface area contributed by atoms with Crippen molar-refractivity contribution < 1.29 is 9.13 Å². The van der Waals surface area contributed by atoms with E-state index in [0.29, 0.717) is 17.2 Å². The molecule has 2 aromatic carbocycles. The second-order valence-electron chi connectivity index (χ2n) is 5.07. The molecule has 1 aliphatic heterocycles. The fourth-order valence-corrected chi connectivity index (χ4v) is 3.11. The third kappa shape index (κ3) is 2.76. The maximum Gasteiger partial charge on any atom is 0.129 e. The summed E-state index contributed by atoms with van der Waals surface area (Å²) in [5, 5.41) is 3.81. The van der Waals surface area contributed by atoms with Crippen LogP contribution < -0.4 is 10.1 Å². The van der Waals surface area contributed by atoms with Crippen molar-refractivity contribution in [3.8, 4) is 5.75 Å². The zero-order valence-electron chi connectivity index (χ0n) is 11.8. The number of hydrogen-bond donors (Lipinski definition) is 1. The fraction of sp³-hybridized carbons (Fsp3) is 0.294. The van der Waals surface area contributed by atoms with E-state index in [2.05, 4.69) is 5.32 Å². The van der Waals surface area contributed by atoms with Crippen LogP contribution in [0.1, 0.15) is 29.7 Å². The quantitative estimate of drug-likeness (QED) is 0.921. The molecule has 0 radical (unpaired) electrons. The number of ether oxygens (including phenoxy) is 1. The van der Waals surface area contributed by atoms with Crippen molar-refractivity contribution in [1.29, 1.82) is 0 Å². The zero-order valence-corrected chi connectivity index (χ0v) is 12.6. The van der Waals surface area contributed by atoms with Gasteiger partial charge in [0.2, 0.25) is 0 Å². The molecule has 3 rings (SSSR count). The molecule has 0 saturated heterocycles. The van der Waals surface area contributed by atoms with Gasteiger partial charge in [-0.15, -0.1) is 0 Å². The van der Waals surface area contributed by atoms with Gasteiger partial charge in [-0.25, -0.2) is 4.39 Å². The van der Waals surface area contributed by atoms with E-state index in [0.717, 1.165) is 24.3 Å². The molecule has 1 N–H and O–H groups in total. The van der Waals surface area contributed by atoms with E-state index in [4.69, 9.17) is 16.3 Å². The summed E-state index contributed by atoms with van der Waals surface area (Å²) in [5.41, 5.74) is 2.77. The van der Waals surface area contributed by atoms with Crippen LogP contribution in [0.2, 0.25) is 5.02 Å². The number of benzene rings is 2. The van der Waals surface area contributed by atoms with Crippen LogP contribution in [0.25, 0.3) is 0 Å². The Hall–Kier alpha value is -1.58. The molecule has 0 saturated carbocycles. The van der Waals surface area contributed by atoms with Crippen LogP contribution in [-0.2, 0) is 6.42 Å². The highest BCUT2D eigenvalue weighted by Crippen LogP contribution is 2.35. The number of nitrogens with one attached hydrogen (secondary N) is 1. The second-order valence-corrected chi connectivity index (χ2v) is 5.47. The Morgan fingerprint density at radius 1 is 1.33 bits per heavy atom. The van der Waals surface area contributed by atoms with Crippen molar-refractivity contribution in [3.63, 3.8) is 0 Å². The van der Waals surface area contributed by atoms with Crippen LogP contribution in [-0.4, -0.2) is 13.2 Å². The highest BCUT2D eigenvalue weighted by atomic mass is 35.5. The number of fused-ring (bicyclic) bond motifs is 1. The standard InChI is InChI=1S/C17H17ClFNO/c1-2-21-12-6-7-13-11(10-12)8-9-20-17(13)16-14(18)4-3-5-15(16)19/h3-7,10,17,20H,2,8-9H2,1H3. The van der Waals surface area contributed by atoms with Crippen LogP contribution in [0.15, 0.2) is 36.4 Å². The lowest BCUT2D eigenvalue weighted by atomic mass is 9.89. The van der Waals surface area contributed by atoms with Gasteiger partial charge in [-0.1, -0.05) is 23.7 Å². The van der Waals surface area contributed by atoms with E-state index < -0.39 is 0 Å². The predicted octanol–water partition coefficient (Wildman–Crippen LogP) is 4.11. The predicted molar refractivity (Wildman–Crippen MR) is 82.6 cm³/mol. The van der Waals surface area contributed by atoms with Crippen LogP contribution >= 0.6 is 11.6 Å². The first-order valence-corrected chi connectivity index (χ1v) is 7.51. The van der Waals surface area contributed by atoms with Crippen molar-refractivity contribution in [2.24, 2.45) is 0 Å². The Bertz CT molecular complexity index is 639. The summed E-state index contributed by atoms with van der Waals surface area (Å²) in [4.78, 5) is 0. The van der Waals surface area contributed by atoms with E-state index >= 15 is 0 Å². The van der Waals surface area contributed by atoms with Gasteiger partial charge in [0, 0.05) is 17.1 Å². The van der Waals surface area contributed by atoms with E-state index in [9.17, 15) is 4.39 Å². The lowest BCUT2D eigenvalue weighted by Crippen LogP contribution is -2.31. The van der Waals surface area contributed by atoms with Crippen LogP contribution in [0.5, 0.6) is 5.75 Å². The summed E-state index contributed by atoms with van der Waals surface area (Å²) in [6.07, 6.45) is 0.902. The van der Waals surface area contributed by atoms with Gasteiger partial charge in [0.1, 0.15) is 11.6 Å². The van der Waals surface area contributed by atoms with Crippen molar-refractivity contribution in [3.05, 3.63) is 63.9 Å². The highest BCUT2D eigenvalue weighted by Gasteiger charge is 2.26. The third-order valence-electron chi connectivity index (χ3n) is 3.77. The normalized spacial score (nSPS) is 17.4. The topological polar surface area (TPSA) is 21.3 Å². The van der Waals surface area contributed by atoms with E-state index in [1.54, 1.807) is 12.1 Å². The van der Waals surface area contributed by atoms with Crippen LogP contribution in [0, 0.1) is 5.82 Å².